The first kappa shape index (κ1) is 22.7. The molecule has 0 aromatic heterocycles. The van der Waals surface area contributed by atoms with Crippen LogP contribution >= 0.6 is 0 Å². The number of carbonyl (C=O) groups is 1. The van der Waals surface area contributed by atoms with Gasteiger partial charge in [-0.05, 0) is 69.5 Å². The van der Waals surface area contributed by atoms with E-state index in [1.54, 1.807) is 4.90 Å². The standard InChI is InChI=1S/C21H37NO3Si/c1-20(2,3)25-19(23)22-15-13-18(14-16-22)12-10-9-11-17-24-26(7,8)21(4,5)6/h9,12-13H,11,14-17H2,1-8H3. The maximum atomic E-state index is 12.0. The van der Waals surface area contributed by atoms with Gasteiger partial charge in [0.2, 0.25) is 0 Å². The highest BCUT2D eigenvalue weighted by Gasteiger charge is 2.36. The summed E-state index contributed by atoms with van der Waals surface area (Å²) in [7, 11) is -1.65. The molecule has 0 aliphatic carbocycles. The Morgan fingerprint density at radius 3 is 2.42 bits per heavy atom. The molecule has 5 heteroatoms. The normalized spacial score (nSPS) is 15.8. The topological polar surface area (TPSA) is 38.8 Å². The third-order valence-corrected chi connectivity index (χ3v) is 9.35. The second-order valence-corrected chi connectivity index (χ2v) is 14.2. The molecule has 0 fully saturated rings. The summed E-state index contributed by atoms with van der Waals surface area (Å²) in [5, 5.41) is 0.249. The summed E-state index contributed by atoms with van der Waals surface area (Å²) < 4.78 is 11.6. The van der Waals surface area contributed by atoms with Crippen molar-refractivity contribution in [3.8, 4) is 0 Å². The van der Waals surface area contributed by atoms with E-state index in [4.69, 9.17) is 9.16 Å². The van der Waals surface area contributed by atoms with Gasteiger partial charge in [0.05, 0.1) is 0 Å². The van der Waals surface area contributed by atoms with E-state index in [0.717, 1.165) is 19.4 Å². The van der Waals surface area contributed by atoms with Gasteiger partial charge in [-0.3, -0.25) is 0 Å². The third-order valence-electron chi connectivity index (χ3n) is 4.81. The molecule has 0 aromatic rings. The summed E-state index contributed by atoms with van der Waals surface area (Å²) in [4.78, 5) is 13.8. The van der Waals surface area contributed by atoms with Crippen LogP contribution in [-0.2, 0) is 9.16 Å². The molecule has 0 spiro atoms. The van der Waals surface area contributed by atoms with Crippen molar-refractivity contribution in [1.29, 1.82) is 0 Å². The first-order valence-corrected chi connectivity index (χ1v) is 12.4. The summed E-state index contributed by atoms with van der Waals surface area (Å²) >= 11 is 0. The molecule has 1 rings (SSSR count). The van der Waals surface area contributed by atoms with Crippen molar-refractivity contribution in [2.45, 2.75) is 78.1 Å². The van der Waals surface area contributed by atoms with E-state index in [9.17, 15) is 4.79 Å². The van der Waals surface area contributed by atoms with Crippen molar-refractivity contribution in [3.63, 3.8) is 0 Å². The molecule has 1 aliphatic heterocycles. The van der Waals surface area contributed by atoms with Crippen LogP contribution in [0.25, 0.3) is 0 Å². The van der Waals surface area contributed by atoms with Crippen LogP contribution in [-0.4, -0.2) is 44.6 Å². The molecule has 1 heterocycles. The molecule has 1 aliphatic rings. The molecule has 0 saturated carbocycles. The second kappa shape index (κ2) is 9.07. The van der Waals surface area contributed by atoms with E-state index in [-0.39, 0.29) is 11.1 Å². The van der Waals surface area contributed by atoms with E-state index < -0.39 is 13.9 Å². The lowest BCUT2D eigenvalue weighted by Crippen LogP contribution is -2.40. The number of hydrogen-bond donors (Lipinski definition) is 0. The van der Waals surface area contributed by atoms with Crippen molar-refractivity contribution in [1.82, 2.24) is 4.90 Å². The van der Waals surface area contributed by atoms with Gasteiger partial charge in [0.1, 0.15) is 5.60 Å². The van der Waals surface area contributed by atoms with Gasteiger partial charge in [0, 0.05) is 19.7 Å². The van der Waals surface area contributed by atoms with Crippen molar-refractivity contribution < 1.29 is 14.0 Å². The molecule has 0 saturated heterocycles. The Morgan fingerprint density at radius 1 is 1.27 bits per heavy atom. The zero-order chi connectivity index (χ0) is 20.0. The monoisotopic (exact) mass is 379 g/mol. The van der Waals surface area contributed by atoms with Gasteiger partial charge in [-0.1, -0.05) is 26.8 Å². The van der Waals surface area contributed by atoms with Crippen LogP contribution in [0.2, 0.25) is 18.1 Å². The fourth-order valence-electron chi connectivity index (χ4n) is 2.15. The van der Waals surface area contributed by atoms with E-state index in [2.05, 4.69) is 45.7 Å². The zero-order valence-electron chi connectivity index (χ0n) is 17.9. The average Bonchev–Trinajstić information content (AvgIpc) is 2.48. The molecule has 4 nitrogen and oxygen atoms in total. The maximum Gasteiger partial charge on any atom is 0.410 e. The molecular formula is C21H37NO3Si. The van der Waals surface area contributed by atoms with E-state index in [1.807, 2.05) is 32.9 Å². The minimum absolute atomic E-state index is 0.241. The molecule has 0 N–H and O–H groups in total. The van der Waals surface area contributed by atoms with Crippen molar-refractivity contribution in [2.75, 3.05) is 19.7 Å². The van der Waals surface area contributed by atoms with Gasteiger partial charge in [0.15, 0.2) is 8.32 Å². The lowest BCUT2D eigenvalue weighted by atomic mass is 10.1. The summed E-state index contributed by atoms with van der Waals surface area (Å²) in [6.45, 7) is 19.0. The molecule has 26 heavy (non-hydrogen) atoms. The Hall–Kier alpha value is -1.29. The maximum absolute atomic E-state index is 12.0. The Bertz CT molecular complexity index is 573. The lowest BCUT2D eigenvalue weighted by Gasteiger charge is -2.36. The van der Waals surface area contributed by atoms with E-state index in [0.29, 0.717) is 13.1 Å². The number of carbonyl (C=O) groups excluding carboxylic acids is 1. The number of rotatable bonds is 5. The van der Waals surface area contributed by atoms with E-state index in [1.165, 1.54) is 5.57 Å². The molecule has 0 bridgehead atoms. The second-order valence-electron chi connectivity index (χ2n) is 9.37. The molecule has 0 unspecified atom stereocenters. The molecular weight excluding hydrogens is 342 g/mol. The van der Waals surface area contributed by atoms with Crippen molar-refractivity contribution in [3.05, 3.63) is 29.5 Å². The minimum atomic E-state index is -1.65. The number of hydrogen-bond acceptors (Lipinski definition) is 3. The number of nitrogens with zero attached hydrogens (tertiary/aromatic N) is 1. The fraction of sp³-hybridized carbons (Fsp3) is 0.714. The highest BCUT2D eigenvalue weighted by molar-refractivity contribution is 6.74. The van der Waals surface area contributed by atoms with Crippen LogP contribution in [0.15, 0.2) is 29.5 Å². The van der Waals surface area contributed by atoms with Crippen LogP contribution in [0, 0.1) is 0 Å². The molecule has 148 valence electrons. The molecule has 0 radical (unpaired) electrons. The van der Waals surface area contributed by atoms with Crippen molar-refractivity contribution in [2.24, 2.45) is 0 Å². The third kappa shape index (κ3) is 7.94. The predicted octanol–water partition coefficient (Wildman–Crippen LogP) is 5.68. The highest BCUT2D eigenvalue weighted by Crippen LogP contribution is 2.36. The zero-order valence-corrected chi connectivity index (χ0v) is 18.9. The fourth-order valence-corrected chi connectivity index (χ4v) is 3.21. The summed E-state index contributed by atoms with van der Waals surface area (Å²) in [6.07, 6.45) is 7.59. The first-order valence-electron chi connectivity index (χ1n) is 9.54. The quantitative estimate of drug-likeness (QED) is 0.350. The van der Waals surface area contributed by atoms with Gasteiger partial charge in [0.25, 0.3) is 0 Å². The molecule has 1 amide bonds. The Morgan fingerprint density at radius 2 is 1.92 bits per heavy atom. The Balaban J connectivity index is 2.41. The van der Waals surface area contributed by atoms with Crippen LogP contribution in [0.1, 0.15) is 54.4 Å². The summed E-state index contributed by atoms with van der Waals surface area (Å²) in [5.74, 6) is 0. The average molecular weight is 380 g/mol. The van der Waals surface area contributed by atoms with Gasteiger partial charge in [-0.15, -0.1) is 5.73 Å². The first-order chi connectivity index (χ1) is 11.8. The van der Waals surface area contributed by atoms with Gasteiger partial charge in [-0.2, -0.15) is 0 Å². The number of amides is 1. The minimum Gasteiger partial charge on any atom is -0.444 e. The SMILES string of the molecule is CC(C)(C)OC(=O)N1CC=C(C=C=CCCO[Si](C)(C)C(C)(C)C)CC1. The summed E-state index contributed by atoms with van der Waals surface area (Å²) in [6, 6.07) is 0. The van der Waals surface area contributed by atoms with Crippen LogP contribution in [0.4, 0.5) is 4.79 Å². The Kier molecular flexibility index (Phi) is 7.94. The van der Waals surface area contributed by atoms with Crippen LogP contribution in [0.3, 0.4) is 0 Å². The molecule has 0 atom stereocenters. The van der Waals surface area contributed by atoms with Crippen LogP contribution in [0.5, 0.6) is 0 Å². The van der Waals surface area contributed by atoms with Gasteiger partial charge in [-0.25, -0.2) is 4.79 Å². The van der Waals surface area contributed by atoms with Gasteiger partial charge >= 0.3 is 6.09 Å². The van der Waals surface area contributed by atoms with Gasteiger partial charge < -0.3 is 14.1 Å². The molecule has 0 aromatic carbocycles. The van der Waals surface area contributed by atoms with Crippen molar-refractivity contribution >= 4 is 14.4 Å². The lowest BCUT2D eigenvalue weighted by molar-refractivity contribution is 0.0266. The Labute approximate surface area is 161 Å². The van der Waals surface area contributed by atoms with Crippen LogP contribution < -0.4 is 0 Å². The van der Waals surface area contributed by atoms with E-state index >= 15 is 0 Å². The number of ether oxygens (including phenoxy) is 1. The largest absolute Gasteiger partial charge is 0.444 e. The smallest absolute Gasteiger partial charge is 0.410 e. The highest BCUT2D eigenvalue weighted by atomic mass is 28.4. The predicted molar refractivity (Wildman–Crippen MR) is 111 cm³/mol. The summed E-state index contributed by atoms with van der Waals surface area (Å²) in [5.41, 5.74) is 4.01.